The third kappa shape index (κ3) is 3.22. The Morgan fingerprint density at radius 1 is 1.26 bits per heavy atom. The second-order valence-electron chi connectivity index (χ2n) is 6.48. The highest BCUT2D eigenvalue weighted by Crippen LogP contribution is 2.41. The van der Waals surface area contributed by atoms with Crippen LogP contribution >= 0.6 is 22.9 Å². The van der Waals surface area contributed by atoms with Crippen molar-refractivity contribution in [1.29, 1.82) is 0 Å². The maximum atomic E-state index is 13.3. The van der Waals surface area contributed by atoms with Gasteiger partial charge in [-0.3, -0.25) is 9.78 Å². The van der Waals surface area contributed by atoms with Crippen LogP contribution in [0, 0.1) is 6.92 Å². The van der Waals surface area contributed by atoms with Crippen LogP contribution in [0.4, 0.5) is 5.69 Å². The predicted octanol–water partition coefficient (Wildman–Crippen LogP) is 5.37. The van der Waals surface area contributed by atoms with E-state index < -0.39 is 0 Å². The Labute approximate surface area is 167 Å². The zero-order valence-electron chi connectivity index (χ0n) is 15.2. The number of hydrogen-bond donors (Lipinski definition) is 0. The van der Waals surface area contributed by atoms with E-state index >= 15 is 0 Å². The summed E-state index contributed by atoms with van der Waals surface area (Å²) in [6.07, 6.45) is 1.70. The minimum Gasteiger partial charge on any atom is -0.495 e. The van der Waals surface area contributed by atoms with Crippen LogP contribution < -0.4 is 9.64 Å². The molecule has 0 N–H and O–H groups in total. The molecule has 3 aromatic rings. The van der Waals surface area contributed by atoms with Crippen LogP contribution in [-0.2, 0) is 6.42 Å². The number of fused-ring (bicyclic) bond motifs is 1. The zero-order valence-corrected chi connectivity index (χ0v) is 16.7. The van der Waals surface area contributed by atoms with Gasteiger partial charge in [0.05, 0.1) is 29.7 Å². The number of ether oxygens (including phenoxy) is 1. The third-order valence-corrected chi connectivity index (χ3v) is 5.90. The van der Waals surface area contributed by atoms with Crippen molar-refractivity contribution in [2.45, 2.75) is 19.8 Å². The number of carbonyl (C=O) groups is 1. The first-order valence-corrected chi connectivity index (χ1v) is 10.1. The molecule has 0 saturated carbocycles. The first-order chi connectivity index (χ1) is 13.1. The largest absolute Gasteiger partial charge is 0.495 e. The second kappa shape index (κ2) is 7.33. The molecule has 1 aromatic carbocycles. The average molecular weight is 399 g/mol. The molecule has 138 valence electrons. The molecule has 0 saturated heterocycles. The van der Waals surface area contributed by atoms with Crippen molar-refractivity contribution in [3.63, 3.8) is 0 Å². The van der Waals surface area contributed by atoms with E-state index in [0.717, 1.165) is 41.0 Å². The van der Waals surface area contributed by atoms with Crippen molar-refractivity contribution in [2.24, 2.45) is 0 Å². The number of amides is 1. The summed E-state index contributed by atoms with van der Waals surface area (Å²) in [5, 5.41) is 4.74. The summed E-state index contributed by atoms with van der Waals surface area (Å²) in [5.41, 5.74) is 5.02. The van der Waals surface area contributed by atoms with Crippen LogP contribution in [-0.4, -0.2) is 24.5 Å². The molecular weight excluding hydrogens is 380 g/mol. The molecule has 0 atom stereocenters. The minimum atomic E-state index is -0.0709. The molecule has 0 bridgehead atoms. The van der Waals surface area contributed by atoms with Gasteiger partial charge in [-0.1, -0.05) is 11.6 Å². The Bertz CT molecular complexity index is 1000. The molecular formula is C21H19ClN2O2S. The van der Waals surface area contributed by atoms with Crippen molar-refractivity contribution in [2.75, 3.05) is 18.6 Å². The van der Waals surface area contributed by atoms with Gasteiger partial charge < -0.3 is 9.64 Å². The summed E-state index contributed by atoms with van der Waals surface area (Å²) in [7, 11) is 1.61. The Morgan fingerprint density at radius 3 is 2.81 bits per heavy atom. The van der Waals surface area contributed by atoms with Gasteiger partial charge in [-0.05, 0) is 61.0 Å². The highest BCUT2D eigenvalue weighted by atomic mass is 35.5. The van der Waals surface area contributed by atoms with Gasteiger partial charge in [0.1, 0.15) is 5.75 Å². The van der Waals surface area contributed by atoms with E-state index in [1.807, 2.05) is 42.6 Å². The van der Waals surface area contributed by atoms with E-state index in [-0.39, 0.29) is 5.91 Å². The molecule has 4 nitrogen and oxygen atoms in total. The lowest BCUT2D eigenvalue weighted by atomic mass is 9.99. The Morgan fingerprint density at radius 2 is 2.11 bits per heavy atom. The number of aryl methyl sites for hydroxylation is 1. The number of pyridine rings is 1. The number of anilines is 1. The molecule has 0 radical (unpaired) electrons. The first-order valence-electron chi connectivity index (χ1n) is 8.77. The summed E-state index contributed by atoms with van der Waals surface area (Å²) in [6, 6.07) is 9.44. The average Bonchev–Trinajstić information content (AvgIpc) is 3.22. The van der Waals surface area contributed by atoms with Crippen LogP contribution in [0.2, 0.25) is 5.02 Å². The lowest BCUT2D eigenvalue weighted by molar-refractivity contribution is 0.0983. The van der Waals surface area contributed by atoms with Gasteiger partial charge in [0.25, 0.3) is 5.91 Å². The van der Waals surface area contributed by atoms with Gasteiger partial charge in [0, 0.05) is 22.5 Å². The maximum Gasteiger partial charge on any atom is 0.260 e. The number of methoxy groups -OCH3 is 1. The van der Waals surface area contributed by atoms with E-state index in [4.69, 9.17) is 16.3 Å². The zero-order chi connectivity index (χ0) is 19.0. The van der Waals surface area contributed by atoms with Crippen molar-refractivity contribution in [3.05, 3.63) is 62.9 Å². The van der Waals surface area contributed by atoms with Gasteiger partial charge in [0.15, 0.2) is 0 Å². The Kier molecular flexibility index (Phi) is 4.89. The SMILES string of the molecule is COc1ccc(Cl)c2c1N(C(=O)c1ccc(-c3ccsc3)nc1C)CCC2. The number of carbonyl (C=O) groups excluding carboxylic acids is 1. The molecule has 2 aromatic heterocycles. The second-order valence-corrected chi connectivity index (χ2v) is 7.67. The fraction of sp³-hybridized carbons (Fsp3) is 0.238. The highest BCUT2D eigenvalue weighted by Gasteiger charge is 2.29. The van der Waals surface area contributed by atoms with Crippen molar-refractivity contribution in [1.82, 2.24) is 4.98 Å². The summed E-state index contributed by atoms with van der Waals surface area (Å²) in [6.45, 7) is 2.51. The molecule has 3 heterocycles. The number of halogens is 1. The topological polar surface area (TPSA) is 42.4 Å². The number of rotatable bonds is 3. The van der Waals surface area contributed by atoms with Gasteiger partial charge >= 0.3 is 0 Å². The molecule has 6 heteroatoms. The fourth-order valence-electron chi connectivity index (χ4n) is 3.52. The lowest BCUT2D eigenvalue weighted by Gasteiger charge is -2.31. The van der Waals surface area contributed by atoms with Gasteiger partial charge in [-0.2, -0.15) is 11.3 Å². The molecule has 0 fully saturated rings. The van der Waals surface area contributed by atoms with Crippen molar-refractivity contribution < 1.29 is 9.53 Å². The van der Waals surface area contributed by atoms with Gasteiger partial charge in [-0.15, -0.1) is 0 Å². The lowest BCUT2D eigenvalue weighted by Crippen LogP contribution is -2.36. The van der Waals surface area contributed by atoms with E-state index in [0.29, 0.717) is 22.9 Å². The molecule has 27 heavy (non-hydrogen) atoms. The summed E-state index contributed by atoms with van der Waals surface area (Å²) < 4.78 is 5.52. The molecule has 0 spiro atoms. The summed E-state index contributed by atoms with van der Waals surface area (Å²) >= 11 is 8.02. The Hall–Kier alpha value is -2.37. The minimum absolute atomic E-state index is 0.0709. The summed E-state index contributed by atoms with van der Waals surface area (Å²) in [4.78, 5) is 19.8. The molecule has 1 amide bonds. The first kappa shape index (κ1) is 18.0. The summed E-state index contributed by atoms with van der Waals surface area (Å²) in [5.74, 6) is 0.598. The highest BCUT2D eigenvalue weighted by molar-refractivity contribution is 7.08. The quantitative estimate of drug-likeness (QED) is 0.595. The number of benzene rings is 1. The van der Waals surface area contributed by atoms with Crippen LogP contribution in [0.5, 0.6) is 5.75 Å². The van der Waals surface area contributed by atoms with Gasteiger partial charge in [-0.25, -0.2) is 0 Å². The number of thiophene rings is 1. The fourth-order valence-corrected chi connectivity index (χ4v) is 4.42. The molecule has 0 aliphatic carbocycles. The molecule has 0 unspecified atom stereocenters. The number of hydrogen-bond acceptors (Lipinski definition) is 4. The van der Waals surface area contributed by atoms with Crippen LogP contribution in [0.1, 0.15) is 28.0 Å². The van der Waals surface area contributed by atoms with Crippen LogP contribution in [0.15, 0.2) is 41.1 Å². The third-order valence-electron chi connectivity index (χ3n) is 4.87. The maximum absolute atomic E-state index is 13.3. The number of aromatic nitrogens is 1. The van der Waals surface area contributed by atoms with E-state index in [1.165, 1.54) is 0 Å². The van der Waals surface area contributed by atoms with Crippen LogP contribution in [0.3, 0.4) is 0 Å². The Balaban J connectivity index is 1.74. The monoisotopic (exact) mass is 398 g/mol. The van der Waals surface area contributed by atoms with Crippen molar-refractivity contribution >= 4 is 34.5 Å². The molecule has 1 aliphatic rings. The predicted molar refractivity (Wildman–Crippen MR) is 110 cm³/mol. The van der Waals surface area contributed by atoms with Crippen LogP contribution in [0.25, 0.3) is 11.3 Å². The number of nitrogens with zero attached hydrogens (tertiary/aromatic N) is 2. The van der Waals surface area contributed by atoms with Crippen molar-refractivity contribution in [3.8, 4) is 17.0 Å². The van der Waals surface area contributed by atoms with E-state index in [1.54, 1.807) is 23.3 Å². The molecule has 1 aliphatic heterocycles. The van der Waals surface area contributed by atoms with Gasteiger partial charge in [0.2, 0.25) is 0 Å². The normalized spacial score (nSPS) is 13.4. The van der Waals surface area contributed by atoms with E-state index in [9.17, 15) is 4.79 Å². The standard InChI is InChI=1S/C21H19ClN2O2S/c1-13-15(5-7-18(23-13)14-9-11-27-12-14)21(25)24-10-3-4-16-17(22)6-8-19(26-2)20(16)24/h5-9,11-12H,3-4,10H2,1-2H3. The van der Waals surface area contributed by atoms with E-state index in [2.05, 4.69) is 10.4 Å². The molecule has 4 rings (SSSR count). The smallest absolute Gasteiger partial charge is 0.260 e.